The van der Waals surface area contributed by atoms with Crippen molar-refractivity contribution in [3.05, 3.63) is 63.4 Å². The van der Waals surface area contributed by atoms with Crippen molar-refractivity contribution in [1.29, 1.82) is 0 Å². The lowest BCUT2D eigenvalue weighted by Gasteiger charge is -2.06. The van der Waals surface area contributed by atoms with Crippen LogP contribution in [0.4, 0.5) is 10.1 Å². The second-order valence-electron chi connectivity index (χ2n) is 3.69. The minimum Gasteiger partial charge on any atom is -0.399 e. The minimum absolute atomic E-state index is 0.0777. The van der Waals surface area contributed by atoms with E-state index in [1.807, 2.05) is 0 Å². The third-order valence-electron chi connectivity index (χ3n) is 2.41. The van der Waals surface area contributed by atoms with Crippen molar-refractivity contribution in [2.24, 2.45) is 0 Å². The van der Waals surface area contributed by atoms with Crippen molar-refractivity contribution in [3.63, 3.8) is 0 Å². The van der Waals surface area contributed by atoms with Gasteiger partial charge in [-0.25, -0.2) is 4.39 Å². The lowest BCUT2D eigenvalue weighted by Crippen LogP contribution is -2.05. The molecule has 18 heavy (non-hydrogen) atoms. The number of ketones is 1. The van der Waals surface area contributed by atoms with Gasteiger partial charge in [0, 0.05) is 16.3 Å². The monoisotopic (exact) mass is 283 g/mol. The van der Waals surface area contributed by atoms with Crippen LogP contribution in [0.3, 0.4) is 0 Å². The van der Waals surface area contributed by atoms with Gasteiger partial charge in [0.05, 0.1) is 10.6 Å². The molecule has 0 unspecified atom stereocenters. The molecular formula is C13H8Cl2FNO. The fraction of sp³-hybridized carbons (Fsp3) is 0. The van der Waals surface area contributed by atoms with Crippen LogP contribution in [-0.2, 0) is 0 Å². The zero-order valence-electron chi connectivity index (χ0n) is 9.08. The number of carbonyl (C=O) groups excluding carboxylic acids is 1. The molecule has 0 fully saturated rings. The molecule has 0 aliphatic carbocycles. The van der Waals surface area contributed by atoms with Gasteiger partial charge in [0.2, 0.25) is 0 Å². The van der Waals surface area contributed by atoms with Crippen LogP contribution in [0, 0.1) is 5.82 Å². The number of hydrogen-bond donors (Lipinski definition) is 1. The molecule has 0 bridgehead atoms. The quantitative estimate of drug-likeness (QED) is 0.670. The van der Waals surface area contributed by atoms with E-state index in [2.05, 4.69) is 0 Å². The Morgan fingerprint density at radius 3 is 2.33 bits per heavy atom. The molecule has 0 aliphatic heterocycles. The molecule has 0 amide bonds. The predicted octanol–water partition coefficient (Wildman–Crippen LogP) is 3.95. The fourth-order valence-corrected chi connectivity index (χ4v) is 1.97. The average Bonchev–Trinajstić information content (AvgIpc) is 2.28. The van der Waals surface area contributed by atoms with E-state index in [9.17, 15) is 9.18 Å². The first-order valence-electron chi connectivity index (χ1n) is 5.04. The number of anilines is 1. The third-order valence-corrected chi connectivity index (χ3v) is 2.96. The number of halogens is 3. The van der Waals surface area contributed by atoms with E-state index >= 15 is 0 Å². The molecule has 0 aromatic heterocycles. The van der Waals surface area contributed by atoms with Crippen LogP contribution < -0.4 is 5.73 Å². The lowest BCUT2D eigenvalue weighted by molar-refractivity contribution is 0.103. The first-order valence-corrected chi connectivity index (χ1v) is 5.79. The summed E-state index contributed by atoms with van der Waals surface area (Å²) in [5.74, 6) is -1.19. The number of nitrogens with two attached hydrogens (primary N) is 1. The summed E-state index contributed by atoms with van der Waals surface area (Å²) in [5.41, 5.74) is 6.09. The van der Waals surface area contributed by atoms with E-state index in [0.29, 0.717) is 5.69 Å². The van der Waals surface area contributed by atoms with Gasteiger partial charge in [-0.3, -0.25) is 4.79 Å². The van der Waals surface area contributed by atoms with Gasteiger partial charge in [0.25, 0.3) is 0 Å². The Morgan fingerprint density at radius 2 is 1.72 bits per heavy atom. The smallest absolute Gasteiger partial charge is 0.197 e. The molecule has 2 aromatic carbocycles. The standard InChI is InChI=1S/C13H8Cl2FNO/c14-7-1-3-10(12(16)5-7)13(18)9-4-2-8(17)6-11(9)15/h1-6H,17H2. The maximum absolute atomic E-state index is 13.6. The molecule has 0 spiro atoms. The van der Waals surface area contributed by atoms with Gasteiger partial charge in [-0.2, -0.15) is 0 Å². The summed E-state index contributed by atoms with van der Waals surface area (Å²) >= 11 is 11.5. The van der Waals surface area contributed by atoms with Crippen molar-refractivity contribution >= 4 is 34.7 Å². The van der Waals surface area contributed by atoms with E-state index in [1.54, 1.807) is 0 Å². The maximum atomic E-state index is 13.6. The van der Waals surface area contributed by atoms with E-state index in [-0.39, 0.29) is 21.2 Å². The highest BCUT2D eigenvalue weighted by Gasteiger charge is 2.17. The normalized spacial score (nSPS) is 10.4. The molecule has 0 heterocycles. The van der Waals surface area contributed by atoms with Gasteiger partial charge in [-0.15, -0.1) is 0 Å². The summed E-state index contributed by atoms with van der Waals surface area (Å²) in [6.45, 7) is 0. The molecule has 92 valence electrons. The van der Waals surface area contributed by atoms with Crippen molar-refractivity contribution < 1.29 is 9.18 Å². The first-order chi connectivity index (χ1) is 8.49. The van der Waals surface area contributed by atoms with Gasteiger partial charge < -0.3 is 5.73 Å². The van der Waals surface area contributed by atoms with Crippen molar-refractivity contribution in [3.8, 4) is 0 Å². The second-order valence-corrected chi connectivity index (χ2v) is 4.54. The van der Waals surface area contributed by atoms with E-state index < -0.39 is 11.6 Å². The van der Waals surface area contributed by atoms with E-state index in [1.165, 1.54) is 30.3 Å². The van der Waals surface area contributed by atoms with Crippen LogP contribution in [0.25, 0.3) is 0 Å². The Hall–Kier alpha value is -1.58. The predicted molar refractivity (Wildman–Crippen MR) is 70.7 cm³/mol. The van der Waals surface area contributed by atoms with Gasteiger partial charge in [0.1, 0.15) is 5.82 Å². The molecule has 5 heteroatoms. The zero-order chi connectivity index (χ0) is 13.3. The van der Waals surface area contributed by atoms with Crippen LogP contribution in [0.5, 0.6) is 0 Å². The van der Waals surface area contributed by atoms with Crippen molar-refractivity contribution in [2.75, 3.05) is 5.73 Å². The van der Waals surface area contributed by atoms with Gasteiger partial charge >= 0.3 is 0 Å². The summed E-state index contributed by atoms with van der Waals surface area (Å²) in [6.07, 6.45) is 0. The first kappa shape index (κ1) is 12.9. The third kappa shape index (κ3) is 2.47. The molecule has 2 N–H and O–H groups in total. The zero-order valence-corrected chi connectivity index (χ0v) is 10.6. The summed E-state index contributed by atoms with van der Waals surface area (Å²) in [7, 11) is 0. The van der Waals surface area contributed by atoms with Crippen molar-refractivity contribution in [1.82, 2.24) is 0 Å². The number of benzene rings is 2. The summed E-state index contributed by atoms with van der Waals surface area (Å²) in [6, 6.07) is 8.30. The van der Waals surface area contributed by atoms with Gasteiger partial charge in [-0.05, 0) is 36.4 Å². The molecule has 0 saturated heterocycles. The van der Waals surface area contributed by atoms with Crippen molar-refractivity contribution in [2.45, 2.75) is 0 Å². The Balaban J connectivity index is 2.48. The maximum Gasteiger partial charge on any atom is 0.197 e. The second kappa shape index (κ2) is 4.96. The van der Waals surface area contributed by atoms with E-state index in [4.69, 9.17) is 28.9 Å². The molecule has 0 aliphatic rings. The minimum atomic E-state index is -0.680. The Kier molecular flexibility index (Phi) is 3.55. The number of carbonyl (C=O) groups is 1. The highest BCUT2D eigenvalue weighted by atomic mass is 35.5. The summed E-state index contributed by atoms with van der Waals surface area (Å²) < 4.78 is 13.6. The molecule has 2 aromatic rings. The largest absolute Gasteiger partial charge is 0.399 e. The van der Waals surface area contributed by atoms with E-state index in [0.717, 1.165) is 6.07 Å². The Morgan fingerprint density at radius 1 is 1.06 bits per heavy atom. The lowest BCUT2D eigenvalue weighted by atomic mass is 10.0. The Bertz CT molecular complexity index is 575. The molecule has 2 nitrogen and oxygen atoms in total. The summed E-state index contributed by atoms with van der Waals surface area (Å²) in [5, 5.41) is 0.418. The highest BCUT2D eigenvalue weighted by Crippen LogP contribution is 2.24. The fourth-order valence-electron chi connectivity index (χ4n) is 1.53. The van der Waals surface area contributed by atoms with Crippen LogP contribution in [0.2, 0.25) is 10.0 Å². The molecular weight excluding hydrogens is 276 g/mol. The Labute approximate surface area is 113 Å². The SMILES string of the molecule is Nc1ccc(C(=O)c2ccc(Cl)cc2F)c(Cl)c1. The molecule has 0 radical (unpaired) electrons. The number of nitrogen functional groups attached to an aromatic ring is 1. The van der Waals surface area contributed by atoms with Crippen LogP contribution in [0.1, 0.15) is 15.9 Å². The molecule has 0 saturated carbocycles. The highest BCUT2D eigenvalue weighted by molar-refractivity contribution is 6.35. The average molecular weight is 284 g/mol. The number of rotatable bonds is 2. The van der Waals surface area contributed by atoms with Gasteiger partial charge in [-0.1, -0.05) is 23.2 Å². The molecule has 2 rings (SSSR count). The van der Waals surface area contributed by atoms with Crippen LogP contribution in [0.15, 0.2) is 36.4 Å². The van der Waals surface area contributed by atoms with Crippen LogP contribution >= 0.6 is 23.2 Å². The van der Waals surface area contributed by atoms with Gasteiger partial charge in [0.15, 0.2) is 5.78 Å². The topological polar surface area (TPSA) is 43.1 Å². The van der Waals surface area contributed by atoms with Crippen LogP contribution in [-0.4, -0.2) is 5.78 Å². The number of hydrogen-bond acceptors (Lipinski definition) is 2. The molecule has 0 atom stereocenters. The summed E-state index contributed by atoms with van der Waals surface area (Å²) in [4.78, 5) is 12.1.